The van der Waals surface area contributed by atoms with Gasteiger partial charge in [-0.1, -0.05) is 23.7 Å². The largest absolute Gasteiger partial charge is 0.461 e. The molecule has 17 heavy (non-hydrogen) atoms. The van der Waals surface area contributed by atoms with E-state index in [-0.39, 0.29) is 13.0 Å². The van der Waals surface area contributed by atoms with Crippen molar-refractivity contribution in [3.8, 4) is 0 Å². The van der Waals surface area contributed by atoms with Crippen molar-refractivity contribution < 1.29 is 14.5 Å². The Bertz CT molecular complexity index is 422. The van der Waals surface area contributed by atoms with E-state index in [4.69, 9.17) is 11.6 Å². The fourth-order valence-corrected chi connectivity index (χ4v) is 1.58. The van der Waals surface area contributed by atoms with Gasteiger partial charge in [-0.3, -0.25) is 10.1 Å². The maximum Gasteiger partial charge on any atom is 0.382 e. The molecule has 1 aromatic rings. The molecule has 0 aromatic heterocycles. The van der Waals surface area contributed by atoms with E-state index in [9.17, 15) is 14.9 Å². The van der Waals surface area contributed by atoms with E-state index in [2.05, 4.69) is 4.74 Å². The molecule has 0 saturated carbocycles. The highest BCUT2D eigenvalue weighted by atomic mass is 35.5. The molecule has 0 saturated heterocycles. The Hall–Kier alpha value is -1.62. The molecule has 0 fully saturated rings. The van der Waals surface area contributed by atoms with Crippen molar-refractivity contribution in [1.82, 2.24) is 0 Å². The summed E-state index contributed by atoms with van der Waals surface area (Å²) in [5, 5.41) is 11.3. The van der Waals surface area contributed by atoms with E-state index in [1.807, 2.05) is 0 Å². The van der Waals surface area contributed by atoms with Crippen molar-refractivity contribution >= 4 is 17.6 Å². The molecular formula is C11H12ClNO4. The molecule has 0 aliphatic carbocycles. The third-order valence-corrected chi connectivity index (χ3v) is 2.37. The predicted molar refractivity (Wildman–Crippen MR) is 62.6 cm³/mol. The summed E-state index contributed by atoms with van der Waals surface area (Å²) in [5.74, 6) is -0.822. The number of carbonyl (C=O) groups is 1. The number of rotatable bonds is 5. The van der Waals surface area contributed by atoms with Crippen molar-refractivity contribution in [2.75, 3.05) is 6.61 Å². The fraction of sp³-hybridized carbons (Fsp3) is 0.364. The van der Waals surface area contributed by atoms with Gasteiger partial charge in [0.25, 0.3) is 0 Å². The number of carbonyl (C=O) groups excluding carboxylic acids is 1. The van der Waals surface area contributed by atoms with Gasteiger partial charge in [-0.05, 0) is 24.6 Å². The van der Waals surface area contributed by atoms with Crippen molar-refractivity contribution in [3.63, 3.8) is 0 Å². The summed E-state index contributed by atoms with van der Waals surface area (Å²) in [4.78, 5) is 21.5. The summed E-state index contributed by atoms with van der Waals surface area (Å²) >= 11 is 5.76. The zero-order valence-corrected chi connectivity index (χ0v) is 10.0. The highest BCUT2D eigenvalue weighted by molar-refractivity contribution is 6.30. The highest BCUT2D eigenvalue weighted by Crippen LogP contribution is 2.13. The minimum Gasteiger partial charge on any atom is -0.461 e. The van der Waals surface area contributed by atoms with Crippen LogP contribution in [0.15, 0.2) is 24.3 Å². The van der Waals surface area contributed by atoms with E-state index in [1.165, 1.54) is 0 Å². The molecule has 1 rings (SSSR count). The molecule has 0 amide bonds. The summed E-state index contributed by atoms with van der Waals surface area (Å²) in [7, 11) is 0. The molecule has 1 aromatic carbocycles. The summed E-state index contributed by atoms with van der Waals surface area (Å²) in [5.41, 5.74) is 0.632. The van der Waals surface area contributed by atoms with Gasteiger partial charge < -0.3 is 4.74 Å². The third-order valence-electron chi connectivity index (χ3n) is 2.13. The van der Waals surface area contributed by atoms with Gasteiger partial charge in [-0.2, -0.15) is 0 Å². The van der Waals surface area contributed by atoms with E-state index in [0.29, 0.717) is 10.6 Å². The van der Waals surface area contributed by atoms with Crippen LogP contribution < -0.4 is 0 Å². The molecule has 0 bridgehead atoms. The van der Waals surface area contributed by atoms with Gasteiger partial charge in [-0.25, -0.2) is 4.79 Å². The first-order chi connectivity index (χ1) is 8.04. The van der Waals surface area contributed by atoms with Crippen LogP contribution in [0.4, 0.5) is 0 Å². The standard InChI is InChI=1S/C11H12ClNO4/c1-2-17-11(14)10(13(15)16)7-8-4-3-5-9(12)6-8/h3-6,10H,2,7H2,1H3/t10-/m0/s1. The van der Waals surface area contributed by atoms with Crippen molar-refractivity contribution in [1.29, 1.82) is 0 Å². The first-order valence-electron chi connectivity index (χ1n) is 5.09. The fourth-order valence-electron chi connectivity index (χ4n) is 1.37. The van der Waals surface area contributed by atoms with Crippen molar-refractivity contribution in [3.05, 3.63) is 45.0 Å². The Balaban J connectivity index is 2.80. The van der Waals surface area contributed by atoms with Crippen LogP contribution >= 0.6 is 11.6 Å². The lowest BCUT2D eigenvalue weighted by atomic mass is 10.1. The molecule has 6 heteroatoms. The highest BCUT2D eigenvalue weighted by Gasteiger charge is 2.31. The van der Waals surface area contributed by atoms with Crippen LogP contribution in [0.1, 0.15) is 12.5 Å². The third kappa shape index (κ3) is 4.03. The minimum absolute atomic E-state index is 0.0214. The van der Waals surface area contributed by atoms with Gasteiger partial charge in [0.2, 0.25) is 0 Å². The monoisotopic (exact) mass is 257 g/mol. The van der Waals surface area contributed by atoms with Crippen LogP contribution in [0.25, 0.3) is 0 Å². The first kappa shape index (κ1) is 13.4. The number of hydrogen-bond donors (Lipinski definition) is 0. The van der Waals surface area contributed by atoms with Gasteiger partial charge in [0.05, 0.1) is 13.0 Å². The van der Waals surface area contributed by atoms with Gasteiger partial charge in [0, 0.05) is 9.95 Å². The smallest absolute Gasteiger partial charge is 0.382 e. The summed E-state index contributed by atoms with van der Waals surface area (Å²) in [6, 6.07) is 5.24. The Morgan fingerprint density at radius 1 is 1.59 bits per heavy atom. The van der Waals surface area contributed by atoms with Crippen LogP contribution in [0.2, 0.25) is 5.02 Å². The van der Waals surface area contributed by atoms with E-state index >= 15 is 0 Å². The molecule has 0 aliphatic rings. The van der Waals surface area contributed by atoms with Crippen LogP contribution in [-0.2, 0) is 16.0 Å². The second-order valence-electron chi connectivity index (χ2n) is 3.39. The maximum atomic E-state index is 11.4. The number of esters is 1. The lowest BCUT2D eigenvalue weighted by molar-refractivity contribution is -0.510. The number of nitro groups is 1. The molecular weight excluding hydrogens is 246 g/mol. The van der Waals surface area contributed by atoms with Crippen LogP contribution in [0.5, 0.6) is 0 Å². The van der Waals surface area contributed by atoms with Gasteiger partial charge >= 0.3 is 12.0 Å². The van der Waals surface area contributed by atoms with Gasteiger partial charge in [0.1, 0.15) is 0 Å². The molecule has 0 radical (unpaired) electrons. The molecule has 0 heterocycles. The second kappa shape index (κ2) is 6.20. The molecule has 0 spiro atoms. The summed E-state index contributed by atoms with van der Waals surface area (Å²) in [6.45, 7) is 1.73. The second-order valence-corrected chi connectivity index (χ2v) is 3.82. The van der Waals surface area contributed by atoms with Crippen LogP contribution in [-0.4, -0.2) is 23.5 Å². The molecule has 0 N–H and O–H groups in total. The van der Waals surface area contributed by atoms with Gasteiger partial charge in [-0.15, -0.1) is 0 Å². The SMILES string of the molecule is CCOC(=O)[C@H](Cc1cccc(Cl)c1)[N+](=O)[O-]. The lowest BCUT2D eigenvalue weighted by Crippen LogP contribution is -2.33. The Morgan fingerprint density at radius 3 is 2.82 bits per heavy atom. The normalized spacial score (nSPS) is 11.9. The number of hydrogen-bond acceptors (Lipinski definition) is 4. The van der Waals surface area contributed by atoms with Crippen molar-refractivity contribution in [2.24, 2.45) is 0 Å². The lowest BCUT2D eigenvalue weighted by Gasteiger charge is -2.08. The quantitative estimate of drug-likeness (QED) is 0.460. The maximum absolute atomic E-state index is 11.4. The van der Waals surface area contributed by atoms with Crippen molar-refractivity contribution in [2.45, 2.75) is 19.4 Å². The number of nitrogens with zero attached hydrogens (tertiary/aromatic N) is 1. The zero-order chi connectivity index (χ0) is 12.8. The average Bonchev–Trinajstić information content (AvgIpc) is 2.26. The molecule has 0 unspecified atom stereocenters. The van der Waals surface area contributed by atoms with E-state index in [1.54, 1.807) is 31.2 Å². The van der Waals surface area contributed by atoms with Gasteiger partial charge in [0.15, 0.2) is 0 Å². The van der Waals surface area contributed by atoms with E-state index < -0.39 is 16.9 Å². The topological polar surface area (TPSA) is 69.4 Å². The summed E-state index contributed by atoms with van der Waals surface area (Å²) < 4.78 is 4.65. The molecule has 5 nitrogen and oxygen atoms in total. The molecule has 1 atom stereocenters. The molecule has 0 aliphatic heterocycles. The number of ether oxygens (including phenoxy) is 1. The zero-order valence-electron chi connectivity index (χ0n) is 9.26. The van der Waals surface area contributed by atoms with Crippen LogP contribution in [0, 0.1) is 10.1 Å². The summed E-state index contributed by atoms with van der Waals surface area (Å²) in [6.07, 6.45) is -0.0214. The van der Waals surface area contributed by atoms with Crippen LogP contribution in [0.3, 0.4) is 0 Å². The first-order valence-corrected chi connectivity index (χ1v) is 5.47. The predicted octanol–water partition coefficient (Wildman–Crippen LogP) is 2.09. The number of halogens is 1. The Labute approximate surface area is 103 Å². The Morgan fingerprint density at radius 2 is 2.29 bits per heavy atom. The van der Waals surface area contributed by atoms with E-state index in [0.717, 1.165) is 0 Å². The number of benzene rings is 1. The minimum atomic E-state index is -1.38. The average molecular weight is 258 g/mol. The molecule has 92 valence electrons. The Kier molecular flexibility index (Phi) is 4.90.